The number of hydrogen-bond acceptors (Lipinski definition) is 3. The zero-order chi connectivity index (χ0) is 12.9. The number of alkyl halides is 3. The molecule has 7 heteroatoms. The molecule has 0 aliphatic heterocycles. The summed E-state index contributed by atoms with van der Waals surface area (Å²) in [4.78, 5) is 15.1. The third-order valence-corrected chi connectivity index (χ3v) is 1.97. The van der Waals surface area contributed by atoms with Crippen molar-refractivity contribution in [1.82, 2.24) is 10.3 Å². The van der Waals surface area contributed by atoms with E-state index in [9.17, 15) is 18.0 Å². The molecule has 0 saturated heterocycles. The Balaban J connectivity index is 2.33. The average Bonchev–Trinajstić information content (AvgIpc) is 2.24. The van der Waals surface area contributed by atoms with Gasteiger partial charge in [-0.05, 0) is 18.6 Å². The summed E-state index contributed by atoms with van der Waals surface area (Å²) < 4.78 is 35.4. The van der Waals surface area contributed by atoms with Crippen LogP contribution < -0.4 is 11.1 Å². The first kappa shape index (κ1) is 13.3. The first-order valence-electron chi connectivity index (χ1n) is 4.95. The monoisotopic (exact) mass is 247 g/mol. The lowest BCUT2D eigenvalue weighted by molar-refractivity contribution is -0.135. The number of nitrogen functional groups attached to an aromatic ring is 1. The second-order valence-corrected chi connectivity index (χ2v) is 3.45. The maximum absolute atomic E-state index is 11.8. The molecule has 4 nitrogen and oxygen atoms in total. The molecule has 94 valence electrons. The lowest BCUT2D eigenvalue weighted by Gasteiger charge is -2.07. The molecule has 0 aliphatic rings. The SMILES string of the molecule is Nc1ccc(C(=O)NCCCC(F)(F)F)cn1. The van der Waals surface area contributed by atoms with Crippen LogP contribution in [-0.4, -0.2) is 23.6 Å². The highest BCUT2D eigenvalue weighted by molar-refractivity contribution is 5.93. The van der Waals surface area contributed by atoms with Crippen LogP contribution in [0.3, 0.4) is 0 Å². The van der Waals surface area contributed by atoms with Crippen molar-refractivity contribution < 1.29 is 18.0 Å². The minimum Gasteiger partial charge on any atom is -0.384 e. The Hall–Kier alpha value is -1.79. The smallest absolute Gasteiger partial charge is 0.384 e. The van der Waals surface area contributed by atoms with Crippen molar-refractivity contribution in [3.8, 4) is 0 Å². The van der Waals surface area contributed by atoms with Gasteiger partial charge < -0.3 is 11.1 Å². The summed E-state index contributed by atoms with van der Waals surface area (Å²) in [5, 5.41) is 2.37. The summed E-state index contributed by atoms with van der Waals surface area (Å²) >= 11 is 0. The number of hydrogen-bond donors (Lipinski definition) is 2. The fourth-order valence-corrected chi connectivity index (χ4v) is 1.13. The molecular formula is C10H12F3N3O. The van der Waals surface area contributed by atoms with Crippen LogP contribution in [0.15, 0.2) is 18.3 Å². The van der Waals surface area contributed by atoms with E-state index < -0.39 is 18.5 Å². The third-order valence-electron chi connectivity index (χ3n) is 1.97. The molecule has 3 N–H and O–H groups in total. The van der Waals surface area contributed by atoms with Crippen LogP contribution in [0, 0.1) is 0 Å². The lowest BCUT2D eigenvalue weighted by Crippen LogP contribution is -2.25. The molecule has 0 fully saturated rings. The first-order valence-corrected chi connectivity index (χ1v) is 4.95. The van der Waals surface area contributed by atoms with Crippen LogP contribution in [0.2, 0.25) is 0 Å². The first-order chi connectivity index (χ1) is 7.88. The standard InChI is InChI=1S/C10H12F3N3O/c11-10(12,13)4-1-5-15-9(17)7-2-3-8(14)16-6-7/h2-3,6H,1,4-5H2,(H2,14,16)(H,15,17). The fraction of sp³-hybridized carbons (Fsp3) is 0.400. The van der Waals surface area contributed by atoms with E-state index in [1.54, 1.807) is 0 Å². The Kier molecular flexibility index (Phi) is 4.30. The zero-order valence-electron chi connectivity index (χ0n) is 8.92. The Labute approximate surface area is 96.0 Å². The second kappa shape index (κ2) is 5.51. The van der Waals surface area contributed by atoms with Gasteiger partial charge in [-0.15, -0.1) is 0 Å². The number of rotatable bonds is 4. The average molecular weight is 247 g/mol. The second-order valence-electron chi connectivity index (χ2n) is 3.45. The predicted molar refractivity (Wildman–Crippen MR) is 56.3 cm³/mol. The highest BCUT2D eigenvalue weighted by atomic mass is 19.4. The van der Waals surface area contributed by atoms with Crippen molar-refractivity contribution in [2.45, 2.75) is 19.0 Å². The van der Waals surface area contributed by atoms with Gasteiger partial charge in [0.15, 0.2) is 0 Å². The summed E-state index contributed by atoms with van der Waals surface area (Å²) in [5.74, 6) is -0.182. The number of nitrogens with two attached hydrogens (primary N) is 1. The number of carbonyl (C=O) groups is 1. The van der Waals surface area contributed by atoms with Gasteiger partial charge in [0.05, 0.1) is 5.56 Å². The van der Waals surface area contributed by atoms with Crippen LogP contribution >= 0.6 is 0 Å². The Morgan fingerprint density at radius 3 is 2.65 bits per heavy atom. The fourth-order valence-electron chi connectivity index (χ4n) is 1.13. The van der Waals surface area contributed by atoms with Crippen LogP contribution in [0.5, 0.6) is 0 Å². The molecule has 1 aromatic heterocycles. The highest BCUT2D eigenvalue weighted by Crippen LogP contribution is 2.20. The highest BCUT2D eigenvalue weighted by Gasteiger charge is 2.25. The van der Waals surface area contributed by atoms with E-state index in [1.165, 1.54) is 18.3 Å². The van der Waals surface area contributed by atoms with Crippen molar-refractivity contribution in [3.05, 3.63) is 23.9 Å². The van der Waals surface area contributed by atoms with Crippen molar-refractivity contribution in [2.24, 2.45) is 0 Å². The van der Waals surface area contributed by atoms with Crippen molar-refractivity contribution in [2.75, 3.05) is 12.3 Å². The zero-order valence-corrected chi connectivity index (χ0v) is 8.92. The van der Waals surface area contributed by atoms with Gasteiger partial charge in [-0.25, -0.2) is 4.98 Å². The molecule has 0 saturated carbocycles. The number of nitrogens with one attached hydrogen (secondary N) is 1. The van der Waals surface area contributed by atoms with Crippen LogP contribution in [0.4, 0.5) is 19.0 Å². The molecular weight excluding hydrogens is 235 g/mol. The van der Waals surface area contributed by atoms with Gasteiger partial charge in [-0.2, -0.15) is 13.2 Å². The largest absolute Gasteiger partial charge is 0.389 e. The van der Waals surface area contributed by atoms with E-state index in [4.69, 9.17) is 5.73 Å². The Morgan fingerprint density at radius 1 is 1.41 bits per heavy atom. The van der Waals surface area contributed by atoms with Gasteiger partial charge in [0.1, 0.15) is 5.82 Å². The molecule has 17 heavy (non-hydrogen) atoms. The number of nitrogens with zero attached hydrogens (tertiary/aromatic N) is 1. The predicted octanol–water partition coefficient (Wildman–Crippen LogP) is 1.74. The summed E-state index contributed by atoms with van der Waals surface area (Å²) in [5.41, 5.74) is 5.60. The Morgan fingerprint density at radius 2 is 2.12 bits per heavy atom. The molecule has 1 heterocycles. The number of pyridine rings is 1. The number of aromatic nitrogens is 1. The molecule has 1 aromatic rings. The van der Waals surface area contributed by atoms with Crippen LogP contribution in [0.25, 0.3) is 0 Å². The maximum Gasteiger partial charge on any atom is 0.389 e. The molecule has 0 spiro atoms. The topological polar surface area (TPSA) is 68.0 Å². The van der Waals surface area contributed by atoms with Crippen molar-refractivity contribution in [1.29, 1.82) is 0 Å². The van der Waals surface area contributed by atoms with E-state index in [1.807, 2.05) is 0 Å². The van der Waals surface area contributed by atoms with Gasteiger partial charge in [-0.3, -0.25) is 4.79 Å². The van der Waals surface area contributed by atoms with E-state index in [2.05, 4.69) is 10.3 Å². The van der Waals surface area contributed by atoms with E-state index in [0.717, 1.165) is 0 Å². The Bertz CT molecular complexity index is 375. The molecule has 1 rings (SSSR count). The van der Waals surface area contributed by atoms with Gasteiger partial charge in [0.25, 0.3) is 5.91 Å². The summed E-state index contributed by atoms with van der Waals surface area (Å²) in [6.07, 6.45) is -3.97. The molecule has 0 atom stereocenters. The number of amides is 1. The van der Waals surface area contributed by atoms with Crippen LogP contribution in [0.1, 0.15) is 23.2 Å². The van der Waals surface area contributed by atoms with Crippen molar-refractivity contribution in [3.63, 3.8) is 0 Å². The minimum atomic E-state index is -4.19. The third kappa shape index (κ3) is 5.19. The minimum absolute atomic E-state index is 0.0251. The molecule has 0 bridgehead atoms. The lowest BCUT2D eigenvalue weighted by atomic mass is 10.2. The summed E-state index contributed by atoms with van der Waals surface area (Å²) in [6.45, 7) is -0.0251. The van der Waals surface area contributed by atoms with E-state index >= 15 is 0 Å². The van der Waals surface area contributed by atoms with E-state index in [-0.39, 0.29) is 24.3 Å². The number of anilines is 1. The molecule has 1 amide bonds. The number of carbonyl (C=O) groups excluding carboxylic acids is 1. The van der Waals surface area contributed by atoms with Crippen molar-refractivity contribution >= 4 is 11.7 Å². The van der Waals surface area contributed by atoms with Crippen LogP contribution in [-0.2, 0) is 0 Å². The summed E-state index contributed by atoms with van der Waals surface area (Å²) in [7, 11) is 0. The number of halogens is 3. The van der Waals surface area contributed by atoms with Gasteiger partial charge in [0.2, 0.25) is 0 Å². The van der Waals surface area contributed by atoms with E-state index in [0.29, 0.717) is 0 Å². The molecule has 0 aromatic carbocycles. The summed E-state index contributed by atoms with van der Waals surface area (Å²) in [6, 6.07) is 2.91. The van der Waals surface area contributed by atoms with Gasteiger partial charge >= 0.3 is 6.18 Å². The van der Waals surface area contributed by atoms with Gasteiger partial charge in [0, 0.05) is 19.2 Å². The quantitative estimate of drug-likeness (QED) is 0.796. The molecule has 0 radical (unpaired) electrons. The van der Waals surface area contributed by atoms with Gasteiger partial charge in [-0.1, -0.05) is 0 Å². The molecule has 0 aliphatic carbocycles. The normalized spacial score (nSPS) is 11.2. The maximum atomic E-state index is 11.8. The molecule has 0 unspecified atom stereocenters.